The first-order chi connectivity index (χ1) is 12.0. The van der Waals surface area contributed by atoms with Crippen LogP contribution in [-0.2, 0) is 22.6 Å². The maximum atomic E-state index is 12.0. The van der Waals surface area contributed by atoms with Crippen LogP contribution in [0.15, 0.2) is 42.0 Å². The first kappa shape index (κ1) is 19.0. The number of pyridine rings is 1. The molecule has 2 rings (SSSR count). The number of carbonyl (C=O) groups is 2. The number of nitrogens with zero attached hydrogens (tertiary/aromatic N) is 2. The molecular weight excluding hydrogens is 344 g/mol. The largest absolute Gasteiger partial charge is 0.380 e. The molecule has 134 valence electrons. The number of nitrogens with one attached hydrogen (secondary N) is 1. The minimum atomic E-state index is -1.94. The van der Waals surface area contributed by atoms with Gasteiger partial charge in [-0.3, -0.25) is 19.6 Å². The topological polar surface area (TPSA) is 129 Å². The lowest BCUT2D eigenvalue weighted by atomic mass is 10.1. The predicted octanol–water partition coefficient (Wildman–Crippen LogP) is -0.574. The second-order valence-electron chi connectivity index (χ2n) is 5.34. The number of hydrazine groups is 1. The molecule has 0 unspecified atom stereocenters. The van der Waals surface area contributed by atoms with Crippen molar-refractivity contribution in [3.05, 3.63) is 52.5 Å². The number of aliphatic hydroxyl groups is 2. The average molecular weight is 364 g/mol. The summed E-state index contributed by atoms with van der Waals surface area (Å²) in [4.78, 5) is 28.9. The number of aromatic nitrogens is 1. The van der Waals surface area contributed by atoms with E-state index >= 15 is 0 Å². The highest BCUT2D eigenvalue weighted by molar-refractivity contribution is 7.09. The third-order valence-electron chi connectivity index (χ3n) is 3.43. The molecule has 0 aromatic carbocycles. The fraction of sp³-hybridized carbons (Fsp3) is 0.312. The van der Waals surface area contributed by atoms with Crippen molar-refractivity contribution in [2.75, 3.05) is 6.54 Å². The van der Waals surface area contributed by atoms with E-state index in [0.29, 0.717) is 18.5 Å². The average Bonchev–Trinajstić information content (AvgIpc) is 3.14. The van der Waals surface area contributed by atoms with Gasteiger partial charge in [0, 0.05) is 23.8 Å². The van der Waals surface area contributed by atoms with Crippen LogP contribution in [0.3, 0.4) is 0 Å². The quantitative estimate of drug-likeness (QED) is 0.282. The second kappa shape index (κ2) is 9.23. The number of thiophene rings is 1. The van der Waals surface area contributed by atoms with Gasteiger partial charge in [0.25, 0.3) is 11.8 Å². The van der Waals surface area contributed by atoms with E-state index in [0.717, 1.165) is 9.89 Å². The van der Waals surface area contributed by atoms with Gasteiger partial charge in [-0.15, -0.1) is 11.3 Å². The van der Waals surface area contributed by atoms with E-state index in [1.165, 1.54) is 6.20 Å². The van der Waals surface area contributed by atoms with Gasteiger partial charge in [0.15, 0.2) is 12.2 Å². The Kier molecular flexibility index (Phi) is 7.02. The Morgan fingerprint density at radius 3 is 2.72 bits per heavy atom. The van der Waals surface area contributed by atoms with Crippen LogP contribution in [0.1, 0.15) is 10.4 Å². The summed E-state index contributed by atoms with van der Waals surface area (Å²) in [6, 6.07) is 7.22. The summed E-state index contributed by atoms with van der Waals surface area (Å²) < 4.78 is 0. The van der Waals surface area contributed by atoms with Gasteiger partial charge in [-0.1, -0.05) is 12.1 Å². The van der Waals surface area contributed by atoms with Crippen LogP contribution in [0.2, 0.25) is 0 Å². The summed E-state index contributed by atoms with van der Waals surface area (Å²) in [6.07, 6.45) is -0.137. The monoisotopic (exact) mass is 364 g/mol. The van der Waals surface area contributed by atoms with E-state index in [-0.39, 0.29) is 6.54 Å². The Labute approximate surface area is 148 Å². The molecule has 2 aromatic rings. The van der Waals surface area contributed by atoms with Crippen molar-refractivity contribution < 1.29 is 19.8 Å². The van der Waals surface area contributed by atoms with Crippen LogP contribution in [-0.4, -0.2) is 50.8 Å². The van der Waals surface area contributed by atoms with E-state index < -0.39 is 24.0 Å². The summed E-state index contributed by atoms with van der Waals surface area (Å²) in [5.74, 6) is 3.83. The highest BCUT2D eigenvalue weighted by atomic mass is 32.1. The number of hydrogen-bond donors (Lipinski definition) is 4. The summed E-state index contributed by atoms with van der Waals surface area (Å²) >= 11 is 1.55. The Bertz CT molecular complexity index is 681. The lowest BCUT2D eigenvalue weighted by Gasteiger charge is -2.22. The van der Waals surface area contributed by atoms with Crippen LogP contribution < -0.4 is 11.2 Å². The smallest absolute Gasteiger partial charge is 0.268 e. The van der Waals surface area contributed by atoms with Crippen molar-refractivity contribution in [1.29, 1.82) is 0 Å². The molecule has 9 heteroatoms. The van der Waals surface area contributed by atoms with Gasteiger partial charge in [0.1, 0.15) is 0 Å². The SMILES string of the molecule is NN(Cc1cccnc1)C(=O)[C@H](O)[C@@H](O)C(=O)NCCc1cccs1. The zero-order valence-corrected chi connectivity index (χ0v) is 14.2. The molecule has 8 nitrogen and oxygen atoms in total. The molecular formula is C16H20N4O4S. The molecule has 2 heterocycles. The lowest BCUT2D eigenvalue weighted by Crippen LogP contribution is -2.52. The zero-order chi connectivity index (χ0) is 18.2. The van der Waals surface area contributed by atoms with Crippen LogP contribution >= 0.6 is 11.3 Å². The predicted molar refractivity (Wildman–Crippen MR) is 92.0 cm³/mol. The van der Waals surface area contributed by atoms with Gasteiger partial charge in [-0.2, -0.15) is 0 Å². The highest BCUT2D eigenvalue weighted by Gasteiger charge is 2.32. The molecule has 0 radical (unpaired) electrons. The summed E-state index contributed by atoms with van der Waals surface area (Å²) in [5, 5.41) is 24.9. The van der Waals surface area contributed by atoms with Gasteiger partial charge < -0.3 is 15.5 Å². The normalized spacial score (nSPS) is 13.1. The van der Waals surface area contributed by atoms with Gasteiger partial charge >= 0.3 is 0 Å². The maximum Gasteiger partial charge on any atom is 0.268 e. The molecule has 0 fully saturated rings. The van der Waals surface area contributed by atoms with E-state index in [1.807, 2.05) is 17.5 Å². The molecule has 2 atom stereocenters. The molecule has 0 aliphatic carbocycles. The van der Waals surface area contributed by atoms with Crippen LogP contribution in [0.25, 0.3) is 0 Å². The third-order valence-corrected chi connectivity index (χ3v) is 4.37. The molecule has 0 saturated carbocycles. The third kappa shape index (κ3) is 5.61. The van der Waals surface area contributed by atoms with Crippen molar-refractivity contribution in [3.63, 3.8) is 0 Å². The molecule has 0 aliphatic heterocycles. The van der Waals surface area contributed by atoms with Gasteiger partial charge in [-0.05, 0) is 29.5 Å². The lowest BCUT2D eigenvalue weighted by molar-refractivity contribution is -0.153. The van der Waals surface area contributed by atoms with Crippen molar-refractivity contribution in [3.8, 4) is 0 Å². The van der Waals surface area contributed by atoms with E-state index in [2.05, 4.69) is 10.3 Å². The molecule has 5 N–H and O–H groups in total. The number of aliphatic hydroxyl groups excluding tert-OH is 2. The molecule has 0 spiro atoms. The van der Waals surface area contributed by atoms with Crippen LogP contribution in [0, 0.1) is 0 Å². The van der Waals surface area contributed by atoms with Crippen molar-refractivity contribution >= 4 is 23.2 Å². The van der Waals surface area contributed by atoms with E-state index in [9.17, 15) is 19.8 Å². The zero-order valence-electron chi connectivity index (χ0n) is 13.4. The molecule has 0 saturated heterocycles. The molecule has 0 aliphatic rings. The van der Waals surface area contributed by atoms with Crippen molar-refractivity contribution in [2.45, 2.75) is 25.2 Å². The fourth-order valence-electron chi connectivity index (χ4n) is 2.08. The maximum absolute atomic E-state index is 12.0. The Hall–Kier alpha value is -2.33. The summed E-state index contributed by atoms with van der Waals surface area (Å²) in [5.41, 5.74) is 0.653. The molecule has 0 bridgehead atoms. The minimum Gasteiger partial charge on any atom is -0.380 e. The van der Waals surface area contributed by atoms with E-state index in [4.69, 9.17) is 5.84 Å². The van der Waals surface area contributed by atoms with Gasteiger partial charge in [-0.25, -0.2) is 5.84 Å². The van der Waals surface area contributed by atoms with Crippen LogP contribution in [0.4, 0.5) is 0 Å². The molecule has 25 heavy (non-hydrogen) atoms. The minimum absolute atomic E-state index is 0.00352. The Balaban J connectivity index is 1.81. The first-order valence-electron chi connectivity index (χ1n) is 7.60. The standard InChI is InChI=1S/C16H20N4O4S/c17-20(10-11-3-1-6-18-9-11)16(24)14(22)13(21)15(23)19-7-5-12-4-2-8-25-12/h1-4,6,8-9,13-14,21-22H,5,7,10,17H2,(H,19,23)/t13-,14-/m1/s1. The van der Waals surface area contributed by atoms with Crippen LogP contribution in [0.5, 0.6) is 0 Å². The summed E-state index contributed by atoms with van der Waals surface area (Å²) in [6.45, 7) is 0.287. The van der Waals surface area contributed by atoms with Crippen molar-refractivity contribution in [2.24, 2.45) is 5.84 Å². The first-order valence-corrected chi connectivity index (χ1v) is 8.48. The van der Waals surface area contributed by atoms with E-state index in [1.54, 1.807) is 29.7 Å². The highest BCUT2D eigenvalue weighted by Crippen LogP contribution is 2.08. The number of hydrogen-bond acceptors (Lipinski definition) is 7. The second-order valence-corrected chi connectivity index (χ2v) is 6.37. The number of amides is 2. The Morgan fingerprint density at radius 2 is 2.08 bits per heavy atom. The molecule has 2 amide bonds. The summed E-state index contributed by atoms with van der Waals surface area (Å²) in [7, 11) is 0. The number of rotatable bonds is 8. The van der Waals surface area contributed by atoms with Gasteiger partial charge in [0.05, 0.1) is 6.54 Å². The van der Waals surface area contributed by atoms with Gasteiger partial charge in [0.2, 0.25) is 0 Å². The number of carbonyl (C=O) groups excluding carboxylic acids is 2. The van der Waals surface area contributed by atoms with Crippen molar-refractivity contribution in [1.82, 2.24) is 15.3 Å². The Morgan fingerprint density at radius 1 is 1.28 bits per heavy atom. The molecule has 2 aromatic heterocycles. The number of nitrogens with two attached hydrogens (primary N) is 1. The fourth-order valence-corrected chi connectivity index (χ4v) is 2.79.